The molecule has 2 saturated carbocycles. The Morgan fingerprint density at radius 1 is 1.06 bits per heavy atom. The third kappa shape index (κ3) is 3.46. The minimum Gasteiger partial charge on any atom is -0.327 e. The molecule has 3 atom stereocenters. The summed E-state index contributed by atoms with van der Waals surface area (Å²) in [4.78, 5) is 2.53. The highest BCUT2D eigenvalue weighted by atomic mass is 15.1. The molecule has 2 fully saturated rings. The van der Waals surface area contributed by atoms with Crippen molar-refractivity contribution in [3.05, 3.63) is 0 Å². The van der Waals surface area contributed by atoms with Gasteiger partial charge in [-0.25, -0.2) is 0 Å². The normalized spacial score (nSPS) is 35.6. The lowest BCUT2D eigenvalue weighted by Gasteiger charge is -2.36. The van der Waals surface area contributed by atoms with Crippen molar-refractivity contribution < 1.29 is 0 Å². The summed E-state index contributed by atoms with van der Waals surface area (Å²) in [6, 6.07) is 0.462. The van der Waals surface area contributed by atoms with Crippen LogP contribution in [0.25, 0.3) is 0 Å². The van der Waals surface area contributed by atoms with Gasteiger partial charge in [0.15, 0.2) is 0 Å². The van der Waals surface area contributed by atoms with Gasteiger partial charge in [-0.3, -0.25) is 0 Å². The summed E-state index contributed by atoms with van der Waals surface area (Å²) in [6.45, 7) is 4.86. The van der Waals surface area contributed by atoms with Crippen LogP contribution in [0.4, 0.5) is 0 Å². The molecule has 0 bridgehead atoms. The van der Waals surface area contributed by atoms with Gasteiger partial charge in [-0.2, -0.15) is 0 Å². The van der Waals surface area contributed by atoms with E-state index in [9.17, 15) is 0 Å². The predicted octanol–water partition coefficient (Wildman–Crippen LogP) is 2.48. The Kier molecular flexibility index (Phi) is 4.26. The van der Waals surface area contributed by atoms with Crippen molar-refractivity contribution in [1.82, 2.24) is 4.90 Å². The Morgan fingerprint density at radius 2 is 1.75 bits per heavy atom. The summed E-state index contributed by atoms with van der Waals surface area (Å²) in [5, 5.41) is 0. The van der Waals surface area contributed by atoms with E-state index in [4.69, 9.17) is 5.73 Å². The summed E-state index contributed by atoms with van der Waals surface area (Å²) < 4.78 is 0. The van der Waals surface area contributed by atoms with Crippen molar-refractivity contribution in [1.29, 1.82) is 0 Å². The van der Waals surface area contributed by atoms with Gasteiger partial charge >= 0.3 is 0 Å². The molecule has 2 nitrogen and oxygen atoms in total. The van der Waals surface area contributed by atoms with Crippen LogP contribution in [0, 0.1) is 17.8 Å². The Hall–Kier alpha value is -0.0800. The number of nitrogens with zero attached hydrogens (tertiary/aromatic N) is 1. The van der Waals surface area contributed by atoms with Gasteiger partial charge < -0.3 is 10.6 Å². The molecule has 0 radical (unpaired) electrons. The molecular formula is C14H28N2. The first kappa shape index (κ1) is 12.4. The van der Waals surface area contributed by atoms with Gasteiger partial charge in [0, 0.05) is 19.1 Å². The SMILES string of the molecule is CCC1CCC(N)C(CN(C)CC2CC2)C1. The fourth-order valence-electron chi connectivity index (χ4n) is 3.18. The summed E-state index contributed by atoms with van der Waals surface area (Å²) in [5.74, 6) is 2.70. The zero-order valence-corrected chi connectivity index (χ0v) is 11.0. The number of hydrogen-bond acceptors (Lipinski definition) is 2. The smallest absolute Gasteiger partial charge is 0.00795 e. The van der Waals surface area contributed by atoms with Crippen LogP contribution in [0.1, 0.15) is 45.4 Å². The zero-order valence-electron chi connectivity index (χ0n) is 11.0. The number of hydrogen-bond donors (Lipinski definition) is 1. The quantitative estimate of drug-likeness (QED) is 0.777. The molecule has 0 aromatic heterocycles. The van der Waals surface area contributed by atoms with Crippen LogP contribution in [0.2, 0.25) is 0 Å². The van der Waals surface area contributed by atoms with E-state index in [0.717, 1.165) is 17.8 Å². The Labute approximate surface area is 101 Å². The standard InChI is InChI=1S/C14H28N2/c1-3-11-6-7-14(15)13(8-11)10-16(2)9-12-4-5-12/h11-14H,3-10,15H2,1-2H3. The van der Waals surface area contributed by atoms with Crippen LogP contribution in [-0.2, 0) is 0 Å². The summed E-state index contributed by atoms with van der Waals surface area (Å²) in [5.41, 5.74) is 6.26. The van der Waals surface area contributed by atoms with Gasteiger partial charge in [-0.15, -0.1) is 0 Å². The second-order valence-electron chi connectivity index (χ2n) is 6.18. The molecule has 2 heteroatoms. The van der Waals surface area contributed by atoms with Gasteiger partial charge in [0.2, 0.25) is 0 Å². The summed E-state index contributed by atoms with van der Waals surface area (Å²) in [7, 11) is 2.28. The van der Waals surface area contributed by atoms with Gasteiger partial charge in [-0.1, -0.05) is 13.3 Å². The van der Waals surface area contributed by atoms with Gasteiger partial charge in [0.1, 0.15) is 0 Å². The minimum atomic E-state index is 0.462. The minimum absolute atomic E-state index is 0.462. The van der Waals surface area contributed by atoms with Crippen LogP contribution in [0.5, 0.6) is 0 Å². The molecule has 2 aliphatic rings. The average molecular weight is 224 g/mol. The van der Waals surface area contributed by atoms with E-state index >= 15 is 0 Å². The van der Waals surface area contributed by atoms with Crippen molar-refractivity contribution >= 4 is 0 Å². The highest BCUT2D eigenvalue weighted by Crippen LogP contribution is 2.32. The third-order valence-corrected chi connectivity index (χ3v) is 4.54. The second-order valence-corrected chi connectivity index (χ2v) is 6.18. The molecule has 94 valence electrons. The molecule has 0 saturated heterocycles. The van der Waals surface area contributed by atoms with E-state index in [-0.39, 0.29) is 0 Å². The van der Waals surface area contributed by atoms with Crippen molar-refractivity contribution in [3.63, 3.8) is 0 Å². The highest BCUT2D eigenvalue weighted by molar-refractivity contribution is 4.85. The van der Waals surface area contributed by atoms with Crippen molar-refractivity contribution in [3.8, 4) is 0 Å². The van der Waals surface area contributed by atoms with E-state index in [2.05, 4.69) is 18.9 Å². The van der Waals surface area contributed by atoms with Crippen molar-refractivity contribution in [2.24, 2.45) is 23.5 Å². The van der Waals surface area contributed by atoms with Crippen molar-refractivity contribution in [2.75, 3.05) is 20.1 Å². The monoisotopic (exact) mass is 224 g/mol. The topological polar surface area (TPSA) is 29.3 Å². The molecule has 2 rings (SSSR count). The molecule has 0 spiro atoms. The molecule has 0 aromatic carbocycles. The fourth-order valence-corrected chi connectivity index (χ4v) is 3.18. The van der Waals surface area contributed by atoms with E-state index in [0.29, 0.717) is 6.04 Å². The maximum Gasteiger partial charge on any atom is 0.00795 e. The van der Waals surface area contributed by atoms with Crippen LogP contribution in [0.15, 0.2) is 0 Å². The van der Waals surface area contributed by atoms with Crippen molar-refractivity contribution in [2.45, 2.75) is 51.5 Å². The van der Waals surface area contributed by atoms with Gasteiger partial charge in [-0.05, 0) is 56.9 Å². The molecule has 0 heterocycles. The lowest BCUT2D eigenvalue weighted by molar-refractivity contribution is 0.168. The van der Waals surface area contributed by atoms with Crippen LogP contribution >= 0.6 is 0 Å². The third-order valence-electron chi connectivity index (χ3n) is 4.54. The first-order valence-corrected chi connectivity index (χ1v) is 7.13. The maximum absolute atomic E-state index is 6.26. The molecule has 2 aliphatic carbocycles. The fraction of sp³-hybridized carbons (Fsp3) is 1.00. The van der Waals surface area contributed by atoms with Crippen LogP contribution < -0.4 is 5.73 Å². The largest absolute Gasteiger partial charge is 0.327 e. The average Bonchev–Trinajstić information content (AvgIpc) is 3.05. The molecule has 3 unspecified atom stereocenters. The lowest BCUT2D eigenvalue weighted by atomic mass is 9.77. The van der Waals surface area contributed by atoms with Crippen LogP contribution in [0.3, 0.4) is 0 Å². The predicted molar refractivity (Wildman–Crippen MR) is 69.3 cm³/mol. The van der Waals surface area contributed by atoms with Crippen LogP contribution in [-0.4, -0.2) is 31.1 Å². The first-order chi connectivity index (χ1) is 7.69. The number of nitrogens with two attached hydrogens (primary N) is 1. The zero-order chi connectivity index (χ0) is 11.5. The molecule has 0 aromatic rings. The van der Waals surface area contributed by atoms with E-state index in [1.54, 1.807) is 0 Å². The highest BCUT2D eigenvalue weighted by Gasteiger charge is 2.29. The molecule has 16 heavy (non-hydrogen) atoms. The van der Waals surface area contributed by atoms with E-state index in [1.807, 2.05) is 0 Å². The summed E-state index contributed by atoms with van der Waals surface area (Å²) in [6.07, 6.45) is 8.24. The Bertz CT molecular complexity index is 213. The molecule has 2 N–H and O–H groups in total. The maximum atomic E-state index is 6.26. The lowest BCUT2D eigenvalue weighted by Crippen LogP contribution is -2.42. The van der Waals surface area contributed by atoms with E-state index < -0.39 is 0 Å². The van der Waals surface area contributed by atoms with E-state index in [1.165, 1.54) is 51.6 Å². The Balaban J connectivity index is 1.76. The first-order valence-electron chi connectivity index (χ1n) is 7.13. The second kappa shape index (κ2) is 5.50. The molecule has 0 amide bonds. The van der Waals surface area contributed by atoms with Gasteiger partial charge in [0.05, 0.1) is 0 Å². The molecular weight excluding hydrogens is 196 g/mol. The Morgan fingerprint density at radius 3 is 2.38 bits per heavy atom. The molecule has 0 aliphatic heterocycles. The van der Waals surface area contributed by atoms with Gasteiger partial charge in [0.25, 0.3) is 0 Å². The summed E-state index contributed by atoms with van der Waals surface area (Å²) >= 11 is 0. The number of rotatable bonds is 5.